The van der Waals surface area contributed by atoms with E-state index in [1.165, 1.54) is 12.1 Å². The molecule has 17 heteroatoms. The molecule has 0 atom stereocenters. The summed E-state index contributed by atoms with van der Waals surface area (Å²) in [5, 5.41) is 2.69. The van der Waals surface area contributed by atoms with Crippen molar-refractivity contribution in [2.24, 2.45) is 0 Å². The second kappa shape index (κ2) is 11.1. The van der Waals surface area contributed by atoms with E-state index < -0.39 is 43.8 Å². The van der Waals surface area contributed by atoms with E-state index >= 15 is 0 Å². The predicted molar refractivity (Wildman–Crippen MR) is 140 cm³/mol. The molecule has 0 amide bonds. The van der Waals surface area contributed by atoms with Gasteiger partial charge in [-0.15, -0.1) is 11.3 Å². The van der Waals surface area contributed by atoms with Gasteiger partial charge in [0.15, 0.2) is 5.00 Å². The molecule has 2 aliphatic heterocycles. The Kier molecular flexibility index (Phi) is 7.84. The highest BCUT2D eigenvalue weighted by Crippen LogP contribution is 2.44. The molecular weight excluding hydrogens is 614 g/mol. The van der Waals surface area contributed by atoms with Gasteiger partial charge in [0.2, 0.25) is 0 Å². The first-order chi connectivity index (χ1) is 19.8. The molecule has 0 saturated carbocycles. The highest BCUT2D eigenvalue weighted by atomic mass is 32.2. The molecule has 0 saturated heterocycles. The Morgan fingerprint density at radius 3 is 2.50 bits per heavy atom. The van der Waals surface area contributed by atoms with Crippen LogP contribution in [0, 0.1) is 0 Å². The molecule has 0 unspecified atom stereocenters. The summed E-state index contributed by atoms with van der Waals surface area (Å²) in [5.74, 6) is -2.76. The maximum absolute atomic E-state index is 13.6. The third-order valence-electron chi connectivity index (χ3n) is 6.33. The van der Waals surface area contributed by atoms with Crippen molar-refractivity contribution in [3.8, 4) is 5.75 Å². The molecule has 0 bridgehead atoms. The molecule has 0 aliphatic carbocycles. The van der Waals surface area contributed by atoms with Crippen LogP contribution >= 0.6 is 11.3 Å². The molecule has 9 nitrogen and oxygen atoms in total. The number of thiazole rings is 1. The highest BCUT2D eigenvalue weighted by Gasteiger charge is 2.45. The Bertz CT molecular complexity index is 1620. The van der Waals surface area contributed by atoms with Gasteiger partial charge < -0.3 is 19.8 Å². The second-order valence-electron chi connectivity index (χ2n) is 8.99. The van der Waals surface area contributed by atoms with Crippen molar-refractivity contribution in [1.82, 2.24) is 10.3 Å². The van der Waals surface area contributed by atoms with Crippen molar-refractivity contribution in [1.29, 1.82) is 0 Å². The number of hydrogen-bond acceptors (Lipinski definition) is 9. The zero-order valence-electron chi connectivity index (χ0n) is 21.2. The molecule has 3 aromatic rings. The summed E-state index contributed by atoms with van der Waals surface area (Å²) in [4.78, 5) is 20.5. The quantitative estimate of drug-likeness (QED) is 0.289. The van der Waals surface area contributed by atoms with E-state index in [0.717, 1.165) is 36.0 Å². The van der Waals surface area contributed by atoms with E-state index in [2.05, 4.69) is 15.1 Å². The minimum atomic E-state index is -5.48. The molecule has 42 heavy (non-hydrogen) atoms. The lowest BCUT2D eigenvalue weighted by Crippen LogP contribution is -2.38. The smallest absolute Gasteiger partial charge is 0.489 e. The minimum absolute atomic E-state index is 0.00105. The Labute approximate surface area is 239 Å². The van der Waals surface area contributed by atoms with Crippen molar-refractivity contribution < 1.29 is 49.1 Å². The Balaban J connectivity index is 1.55. The third-order valence-corrected chi connectivity index (χ3v) is 8.74. The number of nitrogens with zero attached hydrogens (tertiary/aromatic N) is 3. The molecule has 3 heterocycles. The molecule has 2 aliphatic rings. The van der Waals surface area contributed by atoms with Gasteiger partial charge in [0.1, 0.15) is 12.4 Å². The predicted octanol–water partition coefficient (Wildman–Crippen LogP) is 5.28. The van der Waals surface area contributed by atoms with E-state index in [4.69, 9.17) is 4.74 Å². The minimum Gasteiger partial charge on any atom is -0.489 e. The zero-order chi connectivity index (χ0) is 30.3. The number of sulfonamides is 1. The average molecular weight is 635 g/mol. The fraction of sp³-hybridized carbons (Fsp3) is 0.280. The van der Waals surface area contributed by atoms with Crippen molar-refractivity contribution in [3.63, 3.8) is 0 Å². The van der Waals surface area contributed by atoms with Gasteiger partial charge in [0.25, 0.3) is 10.0 Å². The Morgan fingerprint density at radius 2 is 1.86 bits per heavy atom. The molecule has 0 spiro atoms. The van der Waals surface area contributed by atoms with Crippen molar-refractivity contribution in [2.75, 3.05) is 35.6 Å². The highest BCUT2D eigenvalue weighted by molar-refractivity contribution is 7.92. The number of rotatable bonds is 6. The van der Waals surface area contributed by atoms with Crippen molar-refractivity contribution in [3.05, 3.63) is 65.3 Å². The number of aromatic nitrogens is 1. The molecule has 1 aromatic heterocycles. The molecular formula is C25H20F6N4O5S2. The van der Waals surface area contributed by atoms with E-state index in [9.17, 15) is 39.6 Å². The molecule has 5 rings (SSSR count). The van der Waals surface area contributed by atoms with Gasteiger partial charge in [-0.05, 0) is 48.9 Å². The van der Waals surface area contributed by atoms with Gasteiger partial charge in [-0.2, -0.15) is 34.8 Å². The molecule has 0 radical (unpaired) electrons. The Morgan fingerprint density at radius 1 is 1.10 bits per heavy atom. The van der Waals surface area contributed by atoms with Crippen LogP contribution in [0.5, 0.6) is 5.75 Å². The number of hydrogen-bond donors (Lipinski definition) is 1. The lowest BCUT2D eigenvalue weighted by Gasteiger charge is -2.34. The first-order valence-corrected chi connectivity index (χ1v) is 14.5. The van der Waals surface area contributed by atoms with Crippen LogP contribution in [0.1, 0.15) is 17.5 Å². The standard InChI is InChI=1S/C25H20F6N4O5S2/c26-24(27,28)16-1-3-19(18(11-16)15-5-7-32-8-6-15)34-9-10-39-21-12-17(2-4-20(21)34)42(37,38)35(22-13-33-14-41-22)40-23(36)25(29,30)31/h1-5,11-14,32H,6-10H2. The summed E-state index contributed by atoms with van der Waals surface area (Å²) in [5.41, 5.74) is 2.10. The molecule has 0 fully saturated rings. The Hall–Kier alpha value is -3.83. The largest absolute Gasteiger partial charge is 0.493 e. The maximum atomic E-state index is 13.6. The van der Waals surface area contributed by atoms with Crippen LogP contribution in [0.4, 0.5) is 42.7 Å². The lowest BCUT2D eigenvalue weighted by atomic mass is 9.95. The second-order valence-corrected chi connectivity index (χ2v) is 11.6. The fourth-order valence-electron chi connectivity index (χ4n) is 4.42. The SMILES string of the molecule is O=C(ON(c1cncs1)S(=O)(=O)c1ccc2c(c1)OCCN2c1ccc(C(F)(F)F)cc1C1=CCNCC1)C(F)(F)F. The van der Waals surface area contributed by atoms with Gasteiger partial charge in [0, 0.05) is 23.9 Å². The van der Waals surface area contributed by atoms with Gasteiger partial charge in [-0.3, -0.25) is 4.98 Å². The number of nitrogens with one attached hydrogen (secondary N) is 1. The summed E-state index contributed by atoms with van der Waals surface area (Å²) < 4.78 is 112. The van der Waals surface area contributed by atoms with Crippen LogP contribution in [0.25, 0.3) is 5.57 Å². The number of anilines is 3. The van der Waals surface area contributed by atoms with Crippen LogP contribution in [-0.4, -0.2) is 51.8 Å². The molecule has 1 N–H and O–H groups in total. The van der Waals surface area contributed by atoms with Crippen molar-refractivity contribution >= 4 is 49.3 Å². The monoisotopic (exact) mass is 634 g/mol. The van der Waals surface area contributed by atoms with Gasteiger partial charge in [-0.1, -0.05) is 10.5 Å². The number of alkyl halides is 6. The van der Waals surface area contributed by atoms with E-state index in [1.54, 1.807) is 11.0 Å². The van der Waals surface area contributed by atoms with Crippen LogP contribution in [0.2, 0.25) is 0 Å². The van der Waals surface area contributed by atoms with E-state index in [-0.39, 0.29) is 23.4 Å². The van der Waals surface area contributed by atoms with Crippen molar-refractivity contribution in [2.45, 2.75) is 23.7 Å². The topological polar surface area (TPSA) is 101 Å². The normalized spacial score (nSPS) is 15.9. The first kappa shape index (κ1) is 29.7. The summed E-state index contributed by atoms with van der Waals surface area (Å²) in [6, 6.07) is 6.79. The lowest BCUT2D eigenvalue weighted by molar-refractivity contribution is -0.198. The number of carbonyl (C=O) groups is 1. The first-order valence-electron chi connectivity index (χ1n) is 12.2. The van der Waals surface area contributed by atoms with E-state index in [0.29, 0.717) is 53.4 Å². The summed E-state index contributed by atoms with van der Waals surface area (Å²) in [6.45, 7) is 1.26. The van der Waals surface area contributed by atoms with Crippen LogP contribution in [-0.2, 0) is 25.8 Å². The zero-order valence-corrected chi connectivity index (χ0v) is 22.8. The summed E-state index contributed by atoms with van der Waals surface area (Å²) >= 11 is 0.611. The fourth-order valence-corrected chi connectivity index (χ4v) is 6.45. The van der Waals surface area contributed by atoms with Crippen LogP contribution in [0.3, 0.4) is 0 Å². The number of fused-ring (bicyclic) bond motifs is 1. The summed E-state index contributed by atoms with van der Waals surface area (Å²) in [7, 11) is -4.92. The van der Waals surface area contributed by atoms with E-state index in [1.807, 2.05) is 0 Å². The molecule has 2 aromatic carbocycles. The summed E-state index contributed by atoms with van der Waals surface area (Å²) in [6.07, 6.45) is -6.87. The average Bonchev–Trinajstić information content (AvgIpc) is 3.49. The number of carbonyl (C=O) groups excluding carboxylic acids is 1. The van der Waals surface area contributed by atoms with Gasteiger partial charge in [-0.25, -0.2) is 4.79 Å². The third kappa shape index (κ3) is 5.89. The van der Waals surface area contributed by atoms with Crippen LogP contribution < -0.4 is 19.4 Å². The number of benzene rings is 2. The molecule has 224 valence electrons. The van der Waals surface area contributed by atoms with Gasteiger partial charge >= 0.3 is 18.3 Å². The van der Waals surface area contributed by atoms with Crippen LogP contribution in [0.15, 0.2) is 59.1 Å². The number of ether oxygens (including phenoxy) is 1. The maximum Gasteiger partial charge on any atom is 0.493 e. The number of halogens is 6. The van der Waals surface area contributed by atoms with Gasteiger partial charge in [0.05, 0.1) is 34.4 Å².